The zero-order valence-electron chi connectivity index (χ0n) is 47.2. The van der Waals surface area contributed by atoms with Crippen molar-refractivity contribution in [3.63, 3.8) is 0 Å². The number of nitrogens with zero attached hydrogens (tertiary/aromatic N) is 5. The smallest absolute Gasteiger partial charge is 0.480 e. The molecule has 26 heteroatoms. The van der Waals surface area contributed by atoms with Gasteiger partial charge in [-0.15, -0.1) is 23.2 Å². The van der Waals surface area contributed by atoms with E-state index in [9.17, 15) is 57.8 Å². The molecule has 0 radical (unpaired) electrons. The summed E-state index contributed by atoms with van der Waals surface area (Å²) in [5, 5.41) is 14.9. The number of anilines is 2. The number of phosphoric ester groups is 1. The number of imide groups is 1. The van der Waals surface area contributed by atoms with E-state index in [1.807, 2.05) is 30.3 Å². The number of benzene rings is 5. The van der Waals surface area contributed by atoms with E-state index in [1.54, 1.807) is 58.3 Å². The number of carbonyl (C=O) groups excluding carboxylic acids is 7. The first-order valence-electron chi connectivity index (χ1n) is 28.1. The minimum atomic E-state index is -4.98. The van der Waals surface area contributed by atoms with Crippen molar-refractivity contribution in [2.45, 2.75) is 87.2 Å². The standard InChI is InChI=1S/C60H65Cl2N6O15PS2/c1-64(58(76)81-35-37-13-5-10-18-49(37)86-85-36-44(56(73)74)63-50(69)19-4-3-11-26-66-51(70)20-21-52(66)71)27-28-65(2)59(77)82-47-29-45-54(42-16-8-6-14-40(42)47)38(31-61)33-67(45)53(72)22-25-60(23-12-24-60)57(75)68-34-39(32-62)55-43-17-9-7-15-41(43)48(30-46(55)68)83-84(78,79)80/h5-10,13-18,20-21,29-30,38-39,44H,3-4,11-12,19,22-28,31-36H2,1-2H3,(H,63,69)(H,73,74)(H2,78,79,80). The molecule has 3 aliphatic heterocycles. The third-order valence-electron chi connectivity index (χ3n) is 16.1. The molecule has 3 heterocycles. The van der Waals surface area contributed by atoms with E-state index in [0.29, 0.717) is 70.1 Å². The zero-order chi connectivity index (χ0) is 61.5. The Morgan fingerprint density at radius 1 is 0.756 bits per heavy atom. The highest BCUT2D eigenvalue weighted by Crippen LogP contribution is 2.54. The van der Waals surface area contributed by atoms with Crippen LogP contribution in [0.5, 0.6) is 11.5 Å². The number of alkyl halides is 2. The SMILES string of the molecule is CN(CCN(C)C(=O)Oc1cc2c(c3ccccc13)C(CCl)CN2C(=O)CCC1(C(=O)N2CC(CCl)c3c2cc(OP(=O)(O)O)c2ccccc32)CCC1)C(=O)OCc1ccccc1SSCC(NC(=O)CCCCCN1C(=O)C=CC1=O)C(=O)O. The highest BCUT2D eigenvalue weighted by molar-refractivity contribution is 8.76. The van der Waals surface area contributed by atoms with Crippen molar-refractivity contribution < 1.29 is 71.8 Å². The van der Waals surface area contributed by atoms with Crippen LogP contribution in [0.2, 0.25) is 0 Å². The van der Waals surface area contributed by atoms with Crippen LogP contribution < -0.4 is 24.4 Å². The molecule has 4 N–H and O–H groups in total. The van der Waals surface area contributed by atoms with Gasteiger partial charge in [-0.1, -0.05) is 101 Å². The van der Waals surface area contributed by atoms with Crippen molar-refractivity contribution >= 4 is 133 Å². The lowest BCUT2D eigenvalue weighted by molar-refractivity contribution is -0.141. The van der Waals surface area contributed by atoms with Crippen molar-refractivity contribution in [3.05, 3.63) is 114 Å². The maximum atomic E-state index is 14.9. The summed E-state index contributed by atoms with van der Waals surface area (Å²) in [4.78, 5) is 132. The first-order valence-corrected chi connectivity index (χ1v) is 33.0. The van der Waals surface area contributed by atoms with Crippen LogP contribution in [0.4, 0.5) is 21.0 Å². The molecule has 0 bridgehead atoms. The van der Waals surface area contributed by atoms with Crippen molar-refractivity contribution in [3.8, 4) is 11.5 Å². The number of hydrogen-bond donors (Lipinski definition) is 4. The number of likely N-dealkylation sites (N-methyl/N-ethyl adjacent to an activating group) is 2. The first kappa shape index (κ1) is 63.6. The Bertz CT molecular complexity index is 3530. The number of carbonyl (C=O) groups is 8. The van der Waals surface area contributed by atoms with Crippen LogP contribution in [-0.4, -0.2) is 148 Å². The van der Waals surface area contributed by atoms with E-state index >= 15 is 0 Å². The van der Waals surface area contributed by atoms with Gasteiger partial charge >= 0.3 is 26.0 Å². The lowest BCUT2D eigenvalue weighted by Gasteiger charge is -2.43. The molecular weight excluding hydrogens is 1210 g/mol. The lowest BCUT2D eigenvalue weighted by Crippen LogP contribution is -2.48. The predicted octanol–water partition coefficient (Wildman–Crippen LogP) is 9.95. The van der Waals surface area contributed by atoms with Gasteiger partial charge in [0.15, 0.2) is 0 Å². The van der Waals surface area contributed by atoms with E-state index in [1.165, 1.54) is 63.7 Å². The second-order valence-electron chi connectivity index (χ2n) is 21.7. The zero-order valence-corrected chi connectivity index (χ0v) is 51.2. The van der Waals surface area contributed by atoms with Gasteiger partial charge in [-0.2, -0.15) is 0 Å². The molecule has 3 atom stereocenters. The third-order valence-corrected chi connectivity index (χ3v) is 19.7. The Morgan fingerprint density at radius 2 is 1.33 bits per heavy atom. The van der Waals surface area contributed by atoms with Crippen LogP contribution in [-0.2, 0) is 44.7 Å². The molecule has 21 nitrogen and oxygen atoms in total. The number of carboxylic acids is 1. The highest BCUT2D eigenvalue weighted by Gasteiger charge is 2.50. The van der Waals surface area contributed by atoms with Gasteiger partial charge in [-0.3, -0.25) is 38.7 Å². The maximum Gasteiger partial charge on any atom is 0.524 e. The Hall–Kier alpha value is -6.85. The van der Waals surface area contributed by atoms with E-state index in [-0.39, 0.29) is 123 Å². The molecule has 4 aliphatic rings. The summed E-state index contributed by atoms with van der Waals surface area (Å²) >= 11 is 13.2. The number of unbranched alkanes of at least 4 members (excludes halogenated alkanes) is 2. The van der Waals surface area contributed by atoms with Crippen LogP contribution in [0.25, 0.3) is 21.5 Å². The molecule has 0 saturated heterocycles. The number of carboxylic acid groups (broad SMARTS) is 1. The first-order chi connectivity index (χ1) is 41.2. The largest absolute Gasteiger partial charge is 0.524 e. The maximum absolute atomic E-state index is 14.9. The summed E-state index contributed by atoms with van der Waals surface area (Å²) in [6, 6.07) is 23.5. The fourth-order valence-corrected chi connectivity index (χ4v) is 14.7. The molecular formula is C60H65Cl2N6O15PS2. The summed E-state index contributed by atoms with van der Waals surface area (Å²) in [5.41, 5.74) is 2.37. The predicted molar refractivity (Wildman–Crippen MR) is 328 cm³/mol. The summed E-state index contributed by atoms with van der Waals surface area (Å²) in [6.07, 6.45) is 4.71. The van der Waals surface area contributed by atoms with Crippen molar-refractivity contribution in [1.82, 2.24) is 20.0 Å². The number of halogens is 2. The number of fused-ring (bicyclic) bond motifs is 6. The number of rotatable bonds is 26. The Morgan fingerprint density at radius 3 is 1.93 bits per heavy atom. The van der Waals surface area contributed by atoms with Crippen molar-refractivity contribution in [2.24, 2.45) is 5.41 Å². The van der Waals surface area contributed by atoms with Gasteiger partial charge in [0.1, 0.15) is 24.1 Å². The molecule has 0 aromatic heterocycles. The minimum absolute atomic E-state index is 0.00663. The monoisotopic (exact) mass is 1270 g/mol. The Labute approximate surface area is 514 Å². The molecule has 3 unspecified atom stereocenters. The molecule has 86 heavy (non-hydrogen) atoms. The van der Waals surface area contributed by atoms with E-state index in [0.717, 1.165) is 27.8 Å². The van der Waals surface area contributed by atoms with E-state index in [2.05, 4.69) is 5.32 Å². The molecule has 5 aromatic carbocycles. The van der Waals surface area contributed by atoms with E-state index in [4.69, 9.17) is 37.2 Å². The number of aliphatic carboxylic acids is 1. The molecule has 1 fully saturated rings. The number of nitrogens with one attached hydrogen (secondary N) is 1. The summed E-state index contributed by atoms with van der Waals surface area (Å²) in [7, 11) is 0.551. The molecule has 9 rings (SSSR count). The number of amides is 7. The second kappa shape index (κ2) is 27.9. The Balaban J connectivity index is 0.780. The van der Waals surface area contributed by atoms with E-state index < -0.39 is 43.3 Å². The molecule has 7 amide bonds. The van der Waals surface area contributed by atoms with Crippen LogP contribution >= 0.6 is 52.6 Å². The topological polar surface area (TPSA) is 270 Å². The Kier molecular flexibility index (Phi) is 20.6. The van der Waals surface area contributed by atoms with Gasteiger partial charge in [0.25, 0.3) is 11.8 Å². The fraction of sp³-hybridized carbons (Fsp3) is 0.400. The second-order valence-corrected chi connectivity index (χ2v) is 25.9. The molecule has 456 valence electrons. The third kappa shape index (κ3) is 14.4. The van der Waals surface area contributed by atoms with Crippen LogP contribution in [0, 0.1) is 5.41 Å². The van der Waals surface area contributed by atoms with Gasteiger partial charge in [0.05, 0.1) is 16.8 Å². The van der Waals surface area contributed by atoms with Gasteiger partial charge in [0, 0.05) is 135 Å². The summed E-state index contributed by atoms with van der Waals surface area (Å²) < 4.78 is 29.0. The average Bonchev–Trinajstić information content (AvgIpc) is 1.92. The fourth-order valence-electron chi connectivity index (χ4n) is 11.3. The quantitative estimate of drug-likeness (QED) is 0.0132. The molecule has 5 aromatic rings. The average molecular weight is 1280 g/mol. The highest BCUT2D eigenvalue weighted by atomic mass is 35.5. The normalized spacial score (nSPS) is 17.1. The summed E-state index contributed by atoms with van der Waals surface area (Å²) in [6.45, 7) is 0.740. The number of phosphoric acid groups is 1. The van der Waals surface area contributed by atoms with Crippen molar-refractivity contribution in [1.29, 1.82) is 0 Å². The minimum Gasteiger partial charge on any atom is -0.480 e. The molecule has 0 spiro atoms. The molecule has 1 aliphatic carbocycles. The van der Waals surface area contributed by atoms with Crippen LogP contribution in [0.15, 0.2) is 102 Å². The number of ether oxygens (including phenoxy) is 2. The molecule has 1 saturated carbocycles. The van der Waals surface area contributed by atoms with Gasteiger partial charge in [-0.05, 0) is 60.1 Å². The lowest BCUT2D eigenvalue weighted by atomic mass is 9.65. The van der Waals surface area contributed by atoms with Gasteiger partial charge < -0.3 is 44.0 Å². The van der Waals surface area contributed by atoms with Crippen LogP contribution in [0.3, 0.4) is 0 Å². The van der Waals surface area contributed by atoms with Crippen LogP contribution in [0.1, 0.15) is 86.3 Å². The van der Waals surface area contributed by atoms with Crippen molar-refractivity contribution in [2.75, 3.05) is 74.1 Å². The number of hydrogen-bond acceptors (Lipinski definition) is 14. The van der Waals surface area contributed by atoms with Gasteiger partial charge in [-0.25, -0.2) is 18.9 Å². The summed E-state index contributed by atoms with van der Waals surface area (Å²) in [5.74, 6) is -2.79. The van der Waals surface area contributed by atoms with Gasteiger partial charge in [0.2, 0.25) is 17.7 Å².